The Kier molecular flexibility index (Phi) is 4.80. The molecule has 0 bridgehead atoms. The minimum atomic E-state index is -0.259. The molecular weight excluding hydrogens is 296 g/mol. The van der Waals surface area contributed by atoms with Crippen LogP contribution in [0.25, 0.3) is 0 Å². The summed E-state index contributed by atoms with van der Waals surface area (Å²) in [5.41, 5.74) is 1.09. The average molecular weight is 316 g/mol. The fourth-order valence-corrected chi connectivity index (χ4v) is 2.85. The number of carbonyl (C=O) groups is 2. The Balaban J connectivity index is 1.38. The third kappa shape index (κ3) is 3.83. The summed E-state index contributed by atoms with van der Waals surface area (Å²) in [4.78, 5) is 23.7. The predicted octanol–water partition coefficient (Wildman–Crippen LogP) is 2.58. The van der Waals surface area contributed by atoms with Gasteiger partial charge in [-0.1, -0.05) is 0 Å². The molecule has 2 N–H and O–H groups in total. The number of fused-ring (bicyclic) bond motifs is 1. The highest BCUT2D eigenvalue weighted by Crippen LogP contribution is 2.30. The first-order valence-corrected chi connectivity index (χ1v) is 7.91. The first-order chi connectivity index (χ1) is 11.2. The lowest BCUT2D eigenvalue weighted by Crippen LogP contribution is -2.31. The Hall–Kier alpha value is -2.50. The van der Waals surface area contributed by atoms with Gasteiger partial charge in [-0.2, -0.15) is 0 Å². The first-order valence-electron chi connectivity index (χ1n) is 7.91. The lowest BCUT2D eigenvalue weighted by molar-refractivity contribution is -0.122. The molecule has 0 fully saturated rings. The zero-order chi connectivity index (χ0) is 16.1. The Labute approximate surface area is 134 Å². The number of hydrogen-bond donors (Lipinski definition) is 2. The molecule has 0 radical (unpaired) electrons. The van der Waals surface area contributed by atoms with E-state index in [9.17, 15) is 9.59 Å². The molecule has 1 aliphatic rings. The van der Waals surface area contributed by atoms with Crippen molar-refractivity contribution in [1.82, 2.24) is 10.6 Å². The zero-order valence-corrected chi connectivity index (χ0v) is 12.8. The molecule has 6 heteroatoms. The Morgan fingerprint density at radius 3 is 2.96 bits per heavy atom. The fourth-order valence-electron chi connectivity index (χ4n) is 2.85. The average Bonchev–Trinajstić information content (AvgIpc) is 3.22. The van der Waals surface area contributed by atoms with Crippen molar-refractivity contribution in [3.05, 3.63) is 47.8 Å². The third-order valence-corrected chi connectivity index (χ3v) is 4.00. The van der Waals surface area contributed by atoms with Crippen LogP contribution in [0, 0.1) is 0 Å². The molecule has 2 amide bonds. The molecule has 2 heterocycles. The molecule has 0 saturated carbocycles. The molecule has 1 unspecified atom stereocenters. The zero-order valence-electron chi connectivity index (χ0n) is 12.8. The van der Waals surface area contributed by atoms with Crippen LogP contribution in [0.4, 0.5) is 0 Å². The molecule has 23 heavy (non-hydrogen) atoms. The summed E-state index contributed by atoms with van der Waals surface area (Å²) in [5, 5.41) is 5.77. The highest BCUT2D eigenvalue weighted by molar-refractivity contribution is 5.91. The number of aryl methyl sites for hydroxylation is 1. The minimum absolute atomic E-state index is 0.00343. The molecule has 0 spiro atoms. The molecule has 6 nitrogen and oxygen atoms in total. The molecule has 0 saturated heterocycles. The molecule has 1 atom stereocenters. The number of hydrogen-bond acceptors (Lipinski definition) is 4. The molecule has 2 aromatic heterocycles. The van der Waals surface area contributed by atoms with Gasteiger partial charge in [-0.05, 0) is 37.5 Å². The van der Waals surface area contributed by atoms with E-state index in [0.29, 0.717) is 19.4 Å². The molecule has 2 aromatic rings. The van der Waals surface area contributed by atoms with E-state index in [1.54, 1.807) is 18.4 Å². The van der Waals surface area contributed by atoms with Crippen LogP contribution in [-0.2, 0) is 11.2 Å². The molecule has 3 rings (SSSR count). The largest absolute Gasteiger partial charge is 0.469 e. The van der Waals surface area contributed by atoms with Crippen LogP contribution in [0.5, 0.6) is 0 Å². The maximum absolute atomic E-state index is 12.0. The Morgan fingerprint density at radius 1 is 1.22 bits per heavy atom. The molecule has 1 aliphatic carbocycles. The van der Waals surface area contributed by atoms with Crippen LogP contribution in [0.2, 0.25) is 0 Å². The van der Waals surface area contributed by atoms with E-state index < -0.39 is 0 Å². The second kappa shape index (κ2) is 7.17. The number of amides is 2. The maximum atomic E-state index is 12.0. The molecule has 0 aliphatic heterocycles. The highest BCUT2D eigenvalue weighted by Gasteiger charge is 2.23. The third-order valence-electron chi connectivity index (χ3n) is 4.00. The topological polar surface area (TPSA) is 84.5 Å². The van der Waals surface area contributed by atoms with E-state index >= 15 is 0 Å². The van der Waals surface area contributed by atoms with Gasteiger partial charge in [0.2, 0.25) is 5.91 Å². The van der Waals surface area contributed by atoms with Gasteiger partial charge in [0.05, 0.1) is 18.6 Å². The van der Waals surface area contributed by atoms with Crippen molar-refractivity contribution in [3.8, 4) is 0 Å². The minimum Gasteiger partial charge on any atom is -0.469 e. The number of carbonyl (C=O) groups excluding carboxylic acids is 2. The van der Waals surface area contributed by atoms with Crippen LogP contribution in [0.1, 0.15) is 53.6 Å². The van der Waals surface area contributed by atoms with Crippen LogP contribution >= 0.6 is 0 Å². The number of furan rings is 2. The van der Waals surface area contributed by atoms with Gasteiger partial charge in [-0.3, -0.25) is 9.59 Å². The van der Waals surface area contributed by atoms with Crippen molar-refractivity contribution in [2.24, 2.45) is 0 Å². The van der Waals surface area contributed by atoms with Crippen molar-refractivity contribution in [3.63, 3.8) is 0 Å². The summed E-state index contributed by atoms with van der Waals surface area (Å²) in [7, 11) is 0. The summed E-state index contributed by atoms with van der Waals surface area (Å²) in [6.45, 7) is 0.439. The van der Waals surface area contributed by atoms with Gasteiger partial charge in [0, 0.05) is 24.9 Å². The lowest BCUT2D eigenvalue weighted by Gasteiger charge is -2.22. The van der Waals surface area contributed by atoms with Gasteiger partial charge in [0.1, 0.15) is 5.76 Å². The van der Waals surface area contributed by atoms with Gasteiger partial charge < -0.3 is 19.5 Å². The van der Waals surface area contributed by atoms with Crippen molar-refractivity contribution in [2.45, 2.75) is 38.1 Å². The van der Waals surface area contributed by atoms with Gasteiger partial charge in [-0.15, -0.1) is 0 Å². The Bertz CT molecular complexity index is 660. The quantitative estimate of drug-likeness (QED) is 0.802. The normalized spacial score (nSPS) is 16.6. The highest BCUT2D eigenvalue weighted by atomic mass is 16.3. The second-order valence-electron chi connectivity index (χ2n) is 5.65. The van der Waals surface area contributed by atoms with Crippen LogP contribution < -0.4 is 10.6 Å². The smallest absolute Gasteiger partial charge is 0.286 e. The maximum Gasteiger partial charge on any atom is 0.286 e. The molecule has 0 aromatic carbocycles. The first kappa shape index (κ1) is 15.4. The van der Waals surface area contributed by atoms with Gasteiger partial charge in [0.15, 0.2) is 5.76 Å². The van der Waals surface area contributed by atoms with Crippen LogP contribution in [0.15, 0.2) is 39.6 Å². The summed E-state index contributed by atoms with van der Waals surface area (Å²) in [6.07, 6.45) is 6.99. The number of nitrogens with one attached hydrogen (secondary N) is 2. The van der Waals surface area contributed by atoms with Gasteiger partial charge >= 0.3 is 0 Å². The summed E-state index contributed by atoms with van der Waals surface area (Å²) in [5.74, 6) is 0.999. The second-order valence-corrected chi connectivity index (χ2v) is 5.65. The molecular formula is C17H20N2O4. The lowest BCUT2D eigenvalue weighted by atomic mass is 9.93. The standard InChI is InChI=1S/C17H20N2O4/c20-16(7-2-9-18-17(21)15-6-3-10-22-15)19-13-4-1-5-14-12(13)8-11-23-14/h3,6,8,10-11,13H,1-2,4-5,7,9H2,(H,18,21)(H,19,20). The molecule has 122 valence electrons. The van der Waals surface area contributed by atoms with Crippen molar-refractivity contribution in [2.75, 3.05) is 6.54 Å². The fraction of sp³-hybridized carbons (Fsp3) is 0.412. The van der Waals surface area contributed by atoms with E-state index in [-0.39, 0.29) is 23.6 Å². The van der Waals surface area contributed by atoms with E-state index in [1.165, 1.54) is 6.26 Å². The van der Waals surface area contributed by atoms with E-state index in [2.05, 4.69) is 10.6 Å². The van der Waals surface area contributed by atoms with Crippen molar-refractivity contribution < 1.29 is 18.4 Å². The van der Waals surface area contributed by atoms with Gasteiger partial charge in [0.25, 0.3) is 5.91 Å². The summed E-state index contributed by atoms with van der Waals surface area (Å²) in [6, 6.07) is 5.25. The summed E-state index contributed by atoms with van der Waals surface area (Å²) < 4.78 is 10.4. The van der Waals surface area contributed by atoms with E-state index in [4.69, 9.17) is 8.83 Å². The SMILES string of the molecule is O=C(CCCNC(=O)c1ccco1)NC1CCCc2occc21. The Morgan fingerprint density at radius 2 is 2.13 bits per heavy atom. The van der Waals surface area contributed by atoms with Crippen molar-refractivity contribution in [1.29, 1.82) is 0 Å². The summed E-state index contributed by atoms with van der Waals surface area (Å²) >= 11 is 0. The monoisotopic (exact) mass is 316 g/mol. The van der Waals surface area contributed by atoms with E-state index in [0.717, 1.165) is 30.6 Å². The predicted molar refractivity (Wildman–Crippen MR) is 82.8 cm³/mol. The van der Waals surface area contributed by atoms with Crippen molar-refractivity contribution >= 4 is 11.8 Å². The van der Waals surface area contributed by atoms with E-state index in [1.807, 2.05) is 6.07 Å². The number of rotatable bonds is 6. The van der Waals surface area contributed by atoms with Crippen LogP contribution in [0.3, 0.4) is 0 Å². The van der Waals surface area contributed by atoms with Crippen LogP contribution in [-0.4, -0.2) is 18.4 Å². The van der Waals surface area contributed by atoms with Gasteiger partial charge in [-0.25, -0.2) is 0 Å².